The number of rotatable bonds is 16. The van der Waals surface area contributed by atoms with Crippen LogP contribution in [0.25, 0.3) is 11.1 Å². The van der Waals surface area contributed by atoms with E-state index in [2.05, 4.69) is 33.0 Å². The Balaban J connectivity index is 0.868. The molecule has 0 radical (unpaired) electrons. The third-order valence-electron chi connectivity index (χ3n) is 8.30. The van der Waals surface area contributed by atoms with Crippen molar-refractivity contribution < 1.29 is 19.1 Å². The largest absolute Gasteiger partial charge is 0.457 e. The molecule has 1 heterocycles. The van der Waals surface area contributed by atoms with Crippen molar-refractivity contribution in [3.05, 3.63) is 115 Å². The van der Waals surface area contributed by atoms with E-state index < -0.39 is 6.09 Å². The minimum absolute atomic E-state index is 0.0950. The summed E-state index contributed by atoms with van der Waals surface area (Å²) in [5, 5.41) is 9.48. The minimum atomic E-state index is -0.429. The number of piperidine rings is 1. The number of hydrogen-bond acceptors (Lipinski definition) is 6. The first-order valence-corrected chi connectivity index (χ1v) is 16.8. The smallest absolute Gasteiger partial charge is 0.411 e. The third-order valence-corrected chi connectivity index (χ3v) is 8.30. The Bertz CT molecular complexity index is 1510. The van der Waals surface area contributed by atoms with E-state index in [0.717, 1.165) is 93.1 Å². The van der Waals surface area contributed by atoms with E-state index >= 15 is 0 Å². The van der Waals surface area contributed by atoms with E-state index in [9.17, 15) is 9.59 Å². The number of nitrogens with zero attached hydrogens (tertiary/aromatic N) is 1. The van der Waals surface area contributed by atoms with Gasteiger partial charge in [-0.3, -0.25) is 10.1 Å². The minimum Gasteiger partial charge on any atom is -0.457 e. The summed E-state index contributed by atoms with van der Waals surface area (Å²) in [5.41, 5.74) is 3.95. The predicted molar refractivity (Wildman–Crippen MR) is 188 cm³/mol. The van der Waals surface area contributed by atoms with Crippen molar-refractivity contribution in [2.75, 3.05) is 38.0 Å². The standard InChI is InChI=1S/C39H46N4O4/c44-38(41-26-11-3-10-25-40-30-31-18-20-34(21-19-31)46-33-14-6-2-7-15-33)24-29-43-27-22-35(23-28-43)47-39(45)42-37-17-9-8-16-36(37)32-12-4-1-5-13-32/h1-2,4-9,12-21,35,40H,3,10-11,22-30H2,(H,41,44)(H,42,45). The van der Waals surface area contributed by atoms with Gasteiger partial charge in [0.25, 0.3) is 0 Å². The third kappa shape index (κ3) is 11.6. The second kappa shape index (κ2) is 18.5. The maximum Gasteiger partial charge on any atom is 0.411 e. The molecule has 5 rings (SSSR count). The van der Waals surface area contributed by atoms with Crippen LogP contribution in [-0.4, -0.2) is 55.7 Å². The molecule has 0 saturated carbocycles. The van der Waals surface area contributed by atoms with Gasteiger partial charge in [0.05, 0.1) is 5.69 Å². The molecule has 8 heteroatoms. The quantitative estimate of drug-likeness (QED) is 0.110. The van der Waals surface area contributed by atoms with Crippen LogP contribution < -0.4 is 20.7 Å². The van der Waals surface area contributed by atoms with Crippen LogP contribution in [0.15, 0.2) is 109 Å². The maximum atomic E-state index is 12.7. The molecule has 1 aliphatic rings. The predicted octanol–water partition coefficient (Wildman–Crippen LogP) is 7.63. The van der Waals surface area contributed by atoms with Crippen molar-refractivity contribution in [2.24, 2.45) is 0 Å². The van der Waals surface area contributed by atoms with Crippen LogP contribution in [0.4, 0.5) is 10.5 Å². The first-order valence-electron chi connectivity index (χ1n) is 16.8. The SMILES string of the molecule is O=C(CCN1CCC(OC(=O)Nc2ccccc2-c2ccccc2)CC1)NCCCCCNCc1ccc(Oc2ccccc2)cc1. The fourth-order valence-electron chi connectivity index (χ4n) is 5.66. The van der Waals surface area contributed by atoms with E-state index in [1.54, 1.807) is 0 Å². The van der Waals surface area contributed by atoms with E-state index in [0.29, 0.717) is 13.0 Å². The Kier molecular flexibility index (Phi) is 13.2. The monoisotopic (exact) mass is 634 g/mol. The molecule has 0 aliphatic carbocycles. The van der Waals surface area contributed by atoms with Gasteiger partial charge in [0.1, 0.15) is 17.6 Å². The highest BCUT2D eigenvalue weighted by Gasteiger charge is 2.23. The molecule has 8 nitrogen and oxygen atoms in total. The molecule has 0 bridgehead atoms. The van der Waals surface area contributed by atoms with Crippen LogP contribution in [0, 0.1) is 0 Å². The number of anilines is 1. The molecule has 4 aromatic rings. The zero-order chi connectivity index (χ0) is 32.5. The van der Waals surface area contributed by atoms with Gasteiger partial charge in [-0.15, -0.1) is 0 Å². The van der Waals surface area contributed by atoms with Crippen LogP contribution in [0.5, 0.6) is 11.5 Å². The Labute approximate surface area is 278 Å². The van der Waals surface area contributed by atoms with E-state index in [4.69, 9.17) is 9.47 Å². The molecule has 1 fully saturated rings. The van der Waals surface area contributed by atoms with Crippen LogP contribution in [0.1, 0.15) is 44.1 Å². The number of amides is 2. The molecule has 3 N–H and O–H groups in total. The molecule has 47 heavy (non-hydrogen) atoms. The molecule has 246 valence electrons. The molecule has 0 unspecified atom stereocenters. The van der Waals surface area contributed by atoms with E-state index in [1.807, 2.05) is 97.1 Å². The molecule has 0 aromatic heterocycles. The number of ether oxygens (including phenoxy) is 2. The Morgan fingerprint density at radius 2 is 1.38 bits per heavy atom. The summed E-state index contributed by atoms with van der Waals surface area (Å²) in [6, 6.07) is 35.7. The average molecular weight is 635 g/mol. The van der Waals surface area contributed by atoms with Gasteiger partial charge in [-0.25, -0.2) is 4.79 Å². The summed E-state index contributed by atoms with van der Waals surface area (Å²) in [6.45, 7) is 4.81. The Hall–Kier alpha value is -4.66. The summed E-state index contributed by atoms with van der Waals surface area (Å²) < 4.78 is 11.6. The topological polar surface area (TPSA) is 91.9 Å². The number of hydrogen-bond donors (Lipinski definition) is 3. The van der Waals surface area contributed by atoms with Crippen LogP contribution in [0.2, 0.25) is 0 Å². The molecular weight excluding hydrogens is 588 g/mol. The van der Waals surface area contributed by atoms with E-state index in [-0.39, 0.29) is 12.0 Å². The maximum absolute atomic E-state index is 12.7. The number of unbranched alkanes of at least 4 members (excludes halogenated alkanes) is 2. The molecule has 4 aromatic carbocycles. The summed E-state index contributed by atoms with van der Waals surface area (Å²) in [5.74, 6) is 1.76. The zero-order valence-electron chi connectivity index (χ0n) is 27.0. The lowest BCUT2D eigenvalue weighted by atomic mass is 10.0. The molecule has 0 atom stereocenters. The first-order chi connectivity index (χ1) is 23.1. The number of carbonyl (C=O) groups is 2. The fourth-order valence-corrected chi connectivity index (χ4v) is 5.66. The molecule has 1 aliphatic heterocycles. The number of benzene rings is 4. The highest BCUT2D eigenvalue weighted by molar-refractivity contribution is 5.91. The van der Waals surface area contributed by atoms with Crippen molar-refractivity contribution in [1.29, 1.82) is 0 Å². The lowest BCUT2D eigenvalue weighted by Gasteiger charge is -2.31. The Morgan fingerprint density at radius 1 is 0.723 bits per heavy atom. The fraction of sp³-hybridized carbons (Fsp3) is 0.333. The van der Waals surface area contributed by atoms with Gasteiger partial charge in [-0.1, -0.05) is 85.3 Å². The van der Waals surface area contributed by atoms with Crippen LogP contribution in [0.3, 0.4) is 0 Å². The van der Waals surface area contributed by atoms with Gasteiger partial charge in [0, 0.05) is 44.7 Å². The molecular formula is C39H46N4O4. The van der Waals surface area contributed by atoms with Crippen molar-refractivity contribution >= 4 is 17.7 Å². The molecule has 0 spiro atoms. The highest BCUT2D eigenvalue weighted by atomic mass is 16.6. The van der Waals surface area contributed by atoms with Gasteiger partial charge in [-0.05, 0) is 73.7 Å². The molecule has 2 amide bonds. The second-order valence-corrected chi connectivity index (χ2v) is 11.9. The van der Waals surface area contributed by atoms with Gasteiger partial charge in [0.15, 0.2) is 0 Å². The van der Waals surface area contributed by atoms with Gasteiger partial charge < -0.3 is 25.0 Å². The number of likely N-dealkylation sites (tertiary alicyclic amines) is 1. The van der Waals surface area contributed by atoms with Gasteiger partial charge in [0.2, 0.25) is 5.91 Å². The lowest BCUT2D eigenvalue weighted by Crippen LogP contribution is -2.40. The normalized spacial score (nSPS) is 13.5. The lowest BCUT2D eigenvalue weighted by molar-refractivity contribution is -0.121. The highest BCUT2D eigenvalue weighted by Crippen LogP contribution is 2.28. The number of nitrogens with one attached hydrogen (secondary N) is 3. The first kappa shape index (κ1) is 33.7. The van der Waals surface area contributed by atoms with Crippen LogP contribution in [-0.2, 0) is 16.1 Å². The van der Waals surface area contributed by atoms with Crippen molar-refractivity contribution in [3.63, 3.8) is 0 Å². The zero-order valence-corrected chi connectivity index (χ0v) is 27.0. The van der Waals surface area contributed by atoms with Crippen LogP contribution >= 0.6 is 0 Å². The van der Waals surface area contributed by atoms with Crippen molar-refractivity contribution in [3.8, 4) is 22.6 Å². The summed E-state index contributed by atoms with van der Waals surface area (Å²) in [7, 11) is 0. The summed E-state index contributed by atoms with van der Waals surface area (Å²) >= 11 is 0. The van der Waals surface area contributed by atoms with E-state index in [1.165, 1.54) is 5.56 Å². The number of para-hydroxylation sites is 2. The van der Waals surface area contributed by atoms with Crippen molar-refractivity contribution in [2.45, 2.75) is 51.2 Å². The second-order valence-electron chi connectivity index (χ2n) is 11.9. The number of carbonyl (C=O) groups excluding carboxylic acids is 2. The average Bonchev–Trinajstić information content (AvgIpc) is 3.11. The Morgan fingerprint density at radius 3 is 2.15 bits per heavy atom. The summed E-state index contributed by atoms with van der Waals surface area (Å²) in [4.78, 5) is 27.3. The molecule has 1 saturated heterocycles. The van der Waals surface area contributed by atoms with Gasteiger partial charge >= 0.3 is 6.09 Å². The van der Waals surface area contributed by atoms with Gasteiger partial charge in [-0.2, -0.15) is 0 Å². The van der Waals surface area contributed by atoms with Crippen molar-refractivity contribution in [1.82, 2.24) is 15.5 Å². The summed E-state index contributed by atoms with van der Waals surface area (Å²) in [6.07, 6.45) is 4.56.